The fourth-order valence-corrected chi connectivity index (χ4v) is 7.95. The van der Waals surface area contributed by atoms with Crippen molar-refractivity contribution in [3.63, 3.8) is 0 Å². The van der Waals surface area contributed by atoms with Crippen LogP contribution in [0.15, 0.2) is 42.5 Å². The first-order chi connectivity index (χ1) is 26.5. The number of rotatable bonds is 32. The van der Waals surface area contributed by atoms with Gasteiger partial charge in [-0.3, -0.25) is 0 Å². The third kappa shape index (κ3) is 16.7. The van der Waals surface area contributed by atoms with E-state index in [-0.39, 0.29) is 22.8 Å². The van der Waals surface area contributed by atoms with Gasteiger partial charge in [0, 0.05) is 10.9 Å². The Kier molecular flexibility index (Phi) is 23.6. The van der Waals surface area contributed by atoms with Crippen LogP contribution in [0.25, 0.3) is 10.8 Å². The Bertz CT molecular complexity index is 1450. The number of aryl methyl sites for hydroxylation is 2. The van der Waals surface area contributed by atoms with Crippen molar-refractivity contribution in [2.45, 2.75) is 206 Å². The van der Waals surface area contributed by atoms with Crippen molar-refractivity contribution in [1.29, 1.82) is 0 Å². The fraction of sp³-hybridized carbons (Fsp3) is 0.653. The van der Waals surface area contributed by atoms with Crippen LogP contribution in [0, 0.1) is 0 Å². The van der Waals surface area contributed by atoms with Gasteiger partial charge in [-0.25, -0.2) is 4.79 Å². The quantitative estimate of drug-likeness (QED) is 0.0256. The van der Waals surface area contributed by atoms with Gasteiger partial charge >= 0.3 is 5.97 Å². The maximum absolute atomic E-state index is 13.6. The number of fused-ring (bicyclic) bond motifs is 1. The largest absolute Gasteiger partial charge is 0.504 e. The zero-order valence-corrected chi connectivity index (χ0v) is 34.4. The molecule has 54 heavy (non-hydrogen) atoms. The summed E-state index contributed by atoms with van der Waals surface area (Å²) < 4.78 is 5.71. The Labute approximate surface area is 329 Å². The number of esters is 1. The number of phenols is 3. The molecule has 0 aliphatic carbocycles. The molecule has 0 aliphatic rings. The summed E-state index contributed by atoms with van der Waals surface area (Å²) in [4.78, 5) is 13.6. The minimum Gasteiger partial charge on any atom is -0.504 e. The van der Waals surface area contributed by atoms with Gasteiger partial charge in [0.05, 0.1) is 0 Å². The Morgan fingerprint density at radius 1 is 0.444 bits per heavy atom. The summed E-state index contributed by atoms with van der Waals surface area (Å²) in [5.41, 5.74) is 1.33. The summed E-state index contributed by atoms with van der Waals surface area (Å²) in [7, 11) is 0. The third-order valence-corrected chi connectivity index (χ3v) is 11.3. The highest BCUT2D eigenvalue weighted by Gasteiger charge is 2.25. The van der Waals surface area contributed by atoms with Crippen LogP contribution in [0.5, 0.6) is 23.0 Å². The summed E-state index contributed by atoms with van der Waals surface area (Å²) >= 11 is 0. The highest BCUT2D eigenvalue weighted by Crippen LogP contribution is 2.42. The summed E-state index contributed by atoms with van der Waals surface area (Å²) in [6.45, 7) is 4.54. The second-order valence-corrected chi connectivity index (χ2v) is 15.9. The van der Waals surface area contributed by atoms with Crippen LogP contribution in [-0.4, -0.2) is 21.3 Å². The molecule has 3 rings (SSSR count). The predicted molar refractivity (Wildman–Crippen MR) is 228 cm³/mol. The third-order valence-electron chi connectivity index (χ3n) is 11.3. The number of unbranched alkanes of at least 4 members (excludes halogenated alkanes) is 26. The van der Waals surface area contributed by atoms with Gasteiger partial charge in [0.25, 0.3) is 0 Å². The molecule has 0 amide bonds. The number of aromatic hydroxyl groups is 3. The van der Waals surface area contributed by atoms with Crippen molar-refractivity contribution >= 4 is 16.7 Å². The molecule has 0 radical (unpaired) electrons. The van der Waals surface area contributed by atoms with Gasteiger partial charge in [0.2, 0.25) is 0 Å². The minimum atomic E-state index is -0.800. The van der Waals surface area contributed by atoms with Crippen molar-refractivity contribution in [1.82, 2.24) is 0 Å². The van der Waals surface area contributed by atoms with E-state index < -0.39 is 11.7 Å². The van der Waals surface area contributed by atoms with E-state index >= 15 is 0 Å². The van der Waals surface area contributed by atoms with E-state index in [1.807, 2.05) is 24.3 Å². The van der Waals surface area contributed by atoms with E-state index in [1.54, 1.807) is 18.2 Å². The van der Waals surface area contributed by atoms with Crippen LogP contribution in [0.3, 0.4) is 0 Å². The molecule has 0 unspecified atom stereocenters. The smallest absolute Gasteiger partial charge is 0.348 e. The molecule has 3 aromatic carbocycles. The van der Waals surface area contributed by atoms with E-state index in [0.717, 1.165) is 43.1 Å². The molecule has 0 saturated carbocycles. The molecule has 5 heteroatoms. The van der Waals surface area contributed by atoms with Gasteiger partial charge in [-0.2, -0.15) is 0 Å². The number of ether oxygens (including phenoxy) is 1. The molecule has 0 aliphatic heterocycles. The lowest BCUT2D eigenvalue weighted by Crippen LogP contribution is -2.11. The topological polar surface area (TPSA) is 87.0 Å². The minimum absolute atomic E-state index is 0.0389. The first-order valence-corrected chi connectivity index (χ1v) is 22.5. The lowest BCUT2D eigenvalue weighted by molar-refractivity contribution is 0.0727. The number of hydrogen-bond acceptors (Lipinski definition) is 5. The monoisotopic (exact) mass is 745 g/mol. The van der Waals surface area contributed by atoms with Crippen molar-refractivity contribution in [2.24, 2.45) is 0 Å². The van der Waals surface area contributed by atoms with Crippen molar-refractivity contribution in [3.8, 4) is 23.0 Å². The van der Waals surface area contributed by atoms with Crippen LogP contribution in [0.2, 0.25) is 0 Å². The van der Waals surface area contributed by atoms with E-state index in [9.17, 15) is 20.1 Å². The lowest BCUT2D eigenvalue weighted by atomic mass is 9.93. The molecule has 5 nitrogen and oxygen atoms in total. The van der Waals surface area contributed by atoms with Crippen molar-refractivity contribution in [2.75, 3.05) is 0 Å². The normalized spacial score (nSPS) is 11.4. The number of benzene rings is 3. The zero-order valence-electron chi connectivity index (χ0n) is 34.4. The summed E-state index contributed by atoms with van der Waals surface area (Å²) in [5, 5.41) is 34.6. The number of phenolic OH excluding ortho intramolecular Hbond substituents is 3. The van der Waals surface area contributed by atoms with Gasteiger partial charge in [0.1, 0.15) is 5.56 Å². The maximum Gasteiger partial charge on any atom is 0.348 e. The van der Waals surface area contributed by atoms with Crippen molar-refractivity contribution in [3.05, 3.63) is 59.2 Å². The highest BCUT2D eigenvalue weighted by atomic mass is 16.5. The highest BCUT2D eigenvalue weighted by molar-refractivity contribution is 6.10. The Morgan fingerprint density at radius 3 is 1.31 bits per heavy atom. The molecule has 0 spiro atoms. The Balaban J connectivity index is 1.42. The number of carbonyl (C=O) groups excluding carboxylic acids is 1. The number of carbonyl (C=O) groups is 1. The summed E-state index contributed by atoms with van der Waals surface area (Å²) in [6.07, 6.45) is 37.3. The standard InChI is InChI=1S/C49H76O5/c1-3-5-7-9-11-13-15-17-19-21-23-25-27-29-34-40-35-33-39-44(46(40)50)54-49(53)45-42-37-32-31-36-41(42)43(47(51)48(45)52)38-30-28-26-24-22-20-18-16-14-12-10-8-6-4-2/h31-33,35-37,39,50-52H,3-30,34,38H2,1-2H3. The molecule has 0 bridgehead atoms. The van der Waals surface area contributed by atoms with Gasteiger partial charge in [-0.05, 0) is 42.7 Å². The van der Waals surface area contributed by atoms with Crippen LogP contribution >= 0.6 is 0 Å². The molecule has 302 valence electrons. The second-order valence-electron chi connectivity index (χ2n) is 15.9. The van der Waals surface area contributed by atoms with E-state index in [1.165, 1.54) is 148 Å². The first-order valence-electron chi connectivity index (χ1n) is 22.5. The van der Waals surface area contributed by atoms with Crippen LogP contribution in [0.1, 0.15) is 215 Å². The number of hydrogen-bond donors (Lipinski definition) is 3. The average Bonchev–Trinajstić information content (AvgIpc) is 3.17. The molecular formula is C49H76O5. The van der Waals surface area contributed by atoms with Gasteiger partial charge in [0.15, 0.2) is 23.0 Å². The maximum atomic E-state index is 13.6. The predicted octanol–water partition coefficient (Wildman–Crippen LogP) is 15.2. The summed E-state index contributed by atoms with van der Waals surface area (Å²) in [5.74, 6) is -1.49. The fourth-order valence-electron chi connectivity index (χ4n) is 7.95. The molecular weight excluding hydrogens is 669 g/mol. The first kappa shape index (κ1) is 45.2. The average molecular weight is 745 g/mol. The molecule has 0 aromatic heterocycles. The lowest BCUT2D eigenvalue weighted by Gasteiger charge is -2.16. The van der Waals surface area contributed by atoms with Crippen LogP contribution in [-0.2, 0) is 12.8 Å². The molecule has 0 saturated heterocycles. The molecule has 0 atom stereocenters. The zero-order chi connectivity index (χ0) is 38.6. The van der Waals surface area contributed by atoms with Crippen LogP contribution < -0.4 is 4.74 Å². The van der Waals surface area contributed by atoms with Crippen molar-refractivity contribution < 1.29 is 24.9 Å². The van der Waals surface area contributed by atoms with E-state index in [2.05, 4.69) is 13.8 Å². The van der Waals surface area contributed by atoms with Gasteiger partial charge in [-0.1, -0.05) is 217 Å². The summed E-state index contributed by atoms with van der Waals surface area (Å²) in [6, 6.07) is 12.6. The second kappa shape index (κ2) is 28.2. The molecule has 3 N–H and O–H groups in total. The van der Waals surface area contributed by atoms with E-state index in [0.29, 0.717) is 23.8 Å². The van der Waals surface area contributed by atoms with E-state index in [4.69, 9.17) is 4.74 Å². The number of para-hydroxylation sites is 1. The SMILES string of the molecule is CCCCCCCCCCCCCCCCc1cccc(OC(=O)c2c(O)c(O)c(CCCCCCCCCCCCCCCC)c3ccccc23)c1O. The van der Waals surface area contributed by atoms with Gasteiger partial charge in [-0.15, -0.1) is 0 Å². The Morgan fingerprint density at radius 2 is 0.852 bits per heavy atom. The molecule has 3 aromatic rings. The Hall–Kier alpha value is -3.21. The molecule has 0 fully saturated rings. The molecule has 0 heterocycles. The van der Waals surface area contributed by atoms with Gasteiger partial charge < -0.3 is 20.1 Å². The van der Waals surface area contributed by atoms with Crippen LogP contribution in [0.4, 0.5) is 0 Å².